The van der Waals surface area contributed by atoms with Gasteiger partial charge in [-0.1, -0.05) is 39.3 Å². The molecule has 0 saturated carbocycles. The molecule has 3 rings (SSSR count). The molecule has 1 atom stereocenters. The van der Waals surface area contributed by atoms with Gasteiger partial charge < -0.3 is 4.84 Å². The van der Waals surface area contributed by atoms with Gasteiger partial charge in [-0.3, -0.25) is 0 Å². The lowest BCUT2D eigenvalue weighted by atomic mass is 9.85. The zero-order valence-corrected chi connectivity index (χ0v) is 15.3. The SMILES string of the molecule is Cc1cc(C2=NOC(c3cccc(C(F)(F)F)c3)(C(F)(F)F)C2)ccc1Br. The van der Waals surface area contributed by atoms with Crippen LogP contribution in [-0.4, -0.2) is 11.9 Å². The van der Waals surface area contributed by atoms with E-state index >= 15 is 0 Å². The van der Waals surface area contributed by atoms with E-state index in [1.165, 1.54) is 0 Å². The van der Waals surface area contributed by atoms with Crippen LogP contribution >= 0.6 is 15.9 Å². The third-order valence-corrected chi connectivity index (χ3v) is 5.22. The van der Waals surface area contributed by atoms with Crippen molar-refractivity contribution in [3.05, 3.63) is 69.2 Å². The van der Waals surface area contributed by atoms with Crippen molar-refractivity contribution in [2.45, 2.75) is 31.3 Å². The summed E-state index contributed by atoms with van der Waals surface area (Å²) in [5.41, 5.74) is -3.59. The van der Waals surface area contributed by atoms with Crippen LogP contribution in [0.25, 0.3) is 0 Å². The second-order valence-corrected chi connectivity index (χ2v) is 7.03. The normalized spacial score (nSPS) is 20.4. The fourth-order valence-electron chi connectivity index (χ4n) is 2.83. The highest BCUT2D eigenvalue weighted by molar-refractivity contribution is 9.10. The summed E-state index contributed by atoms with van der Waals surface area (Å²) in [5, 5.41) is 3.57. The lowest BCUT2D eigenvalue weighted by Crippen LogP contribution is -2.42. The van der Waals surface area contributed by atoms with Crippen molar-refractivity contribution in [1.82, 2.24) is 0 Å². The van der Waals surface area contributed by atoms with Crippen LogP contribution in [0.1, 0.15) is 28.7 Å². The maximum atomic E-state index is 13.9. The number of hydrogen-bond donors (Lipinski definition) is 0. The van der Waals surface area contributed by atoms with Crippen LogP contribution < -0.4 is 0 Å². The minimum Gasteiger partial charge on any atom is -0.374 e. The number of hydrogen-bond acceptors (Lipinski definition) is 2. The number of halogens is 7. The summed E-state index contributed by atoms with van der Waals surface area (Å²) in [6, 6.07) is 7.92. The topological polar surface area (TPSA) is 21.6 Å². The molecular formula is C18H12BrF6NO. The number of aryl methyl sites for hydroxylation is 1. The molecule has 27 heavy (non-hydrogen) atoms. The van der Waals surface area contributed by atoms with Gasteiger partial charge in [0, 0.05) is 16.5 Å². The first-order valence-electron chi connectivity index (χ1n) is 7.70. The Morgan fingerprint density at radius 2 is 1.74 bits per heavy atom. The molecule has 9 heteroatoms. The Balaban J connectivity index is 2.04. The Morgan fingerprint density at radius 3 is 2.33 bits per heavy atom. The smallest absolute Gasteiger partial charge is 0.374 e. The quantitative estimate of drug-likeness (QED) is 0.487. The Kier molecular flexibility index (Phi) is 4.78. The lowest BCUT2D eigenvalue weighted by molar-refractivity contribution is -0.276. The molecule has 0 saturated heterocycles. The minimum atomic E-state index is -4.97. The van der Waals surface area contributed by atoms with Gasteiger partial charge in [-0.15, -0.1) is 0 Å². The molecule has 0 radical (unpaired) electrons. The average molecular weight is 452 g/mol. The first kappa shape index (κ1) is 19.7. The number of nitrogens with zero attached hydrogens (tertiary/aromatic N) is 1. The summed E-state index contributed by atoms with van der Waals surface area (Å²) in [5.74, 6) is 0. The largest absolute Gasteiger partial charge is 0.435 e. The van der Waals surface area contributed by atoms with E-state index < -0.39 is 35.5 Å². The Hall–Kier alpha value is -2.03. The van der Waals surface area contributed by atoms with E-state index in [1.54, 1.807) is 25.1 Å². The molecule has 1 aliphatic heterocycles. The van der Waals surface area contributed by atoms with Crippen molar-refractivity contribution in [3.63, 3.8) is 0 Å². The van der Waals surface area contributed by atoms with E-state index in [4.69, 9.17) is 4.84 Å². The molecular weight excluding hydrogens is 440 g/mol. The van der Waals surface area contributed by atoms with Gasteiger partial charge in [0.2, 0.25) is 0 Å². The van der Waals surface area contributed by atoms with Crippen LogP contribution in [0.4, 0.5) is 26.3 Å². The van der Waals surface area contributed by atoms with Gasteiger partial charge in [-0.25, -0.2) is 0 Å². The molecule has 2 aromatic rings. The van der Waals surface area contributed by atoms with Gasteiger partial charge in [0.25, 0.3) is 5.60 Å². The monoisotopic (exact) mass is 451 g/mol. The van der Waals surface area contributed by atoms with E-state index in [9.17, 15) is 26.3 Å². The van der Waals surface area contributed by atoms with Crippen LogP contribution in [0.3, 0.4) is 0 Å². The average Bonchev–Trinajstić information content (AvgIpc) is 3.03. The molecule has 1 unspecified atom stereocenters. The Bertz CT molecular complexity index is 905. The molecule has 0 aliphatic carbocycles. The molecule has 2 nitrogen and oxygen atoms in total. The molecule has 1 heterocycles. The zero-order chi connectivity index (χ0) is 20.0. The zero-order valence-electron chi connectivity index (χ0n) is 13.7. The van der Waals surface area contributed by atoms with Gasteiger partial charge in [0.1, 0.15) is 0 Å². The van der Waals surface area contributed by atoms with Crippen molar-refractivity contribution in [2.24, 2.45) is 5.16 Å². The number of rotatable bonds is 2. The highest BCUT2D eigenvalue weighted by Gasteiger charge is 2.62. The van der Waals surface area contributed by atoms with Crippen LogP contribution in [0, 0.1) is 6.92 Å². The van der Waals surface area contributed by atoms with Crippen molar-refractivity contribution >= 4 is 21.6 Å². The summed E-state index contributed by atoms with van der Waals surface area (Å²) in [6.45, 7) is 1.76. The van der Waals surface area contributed by atoms with Crippen LogP contribution in [0.15, 0.2) is 52.1 Å². The van der Waals surface area contributed by atoms with Crippen LogP contribution in [0.5, 0.6) is 0 Å². The van der Waals surface area contributed by atoms with Gasteiger partial charge >= 0.3 is 12.4 Å². The van der Waals surface area contributed by atoms with Crippen LogP contribution in [0.2, 0.25) is 0 Å². The lowest BCUT2D eigenvalue weighted by Gasteiger charge is -2.30. The molecule has 0 fully saturated rings. The van der Waals surface area contributed by atoms with Gasteiger partial charge in [0.05, 0.1) is 11.3 Å². The summed E-state index contributed by atoms with van der Waals surface area (Å²) in [4.78, 5) is 4.78. The molecule has 0 aromatic heterocycles. The van der Waals surface area contributed by atoms with E-state index in [-0.39, 0.29) is 5.71 Å². The third kappa shape index (κ3) is 3.56. The molecule has 0 spiro atoms. The fraction of sp³-hybridized carbons (Fsp3) is 0.278. The van der Waals surface area contributed by atoms with Crippen molar-refractivity contribution in [3.8, 4) is 0 Å². The van der Waals surface area contributed by atoms with Gasteiger partial charge in [0.15, 0.2) is 0 Å². The summed E-state index contributed by atoms with van der Waals surface area (Å²) in [6.07, 6.45) is -10.5. The number of oxime groups is 1. The molecule has 1 aliphatic rings. The maximum Gasteiger partial charge on any atom is 0.435 e. The standard InChI is InChI=1S/C18H12BrF6NO/c1-10-7-11(5-6-14(10)19)15-9-16(27-26-15,18(23,24)25)12-3-2-4-13(8-12)17(20,21)22/h2-8H,9H2,1H3. The molecule has 2 aromatic carbocycles. The maximum absolute atomic E-state index is 13.9. The molecule has 0 amide bonds. The highest BCUT2D eigenvalue weighted by Crippen LogP contribution is 2.49. The van der Waals surface area contributed by atoms with Crippen LogP contribution in [-0.2, 0) is 16.6 Å². The Labute approximate surface area is 158 Å². The van der Waals surface area contributed by atoms with E-state index in [1.807, 2.05) is 0 Å². The molecule has 0 N–H and O–H groups in total. The van der Waals surface area contributed by atoms with E-state index in [0.29, 0.717) is 17.7 Å². The number of alkyl halides is 6. The molecule has 144 valence electrons. The fourth-order valence-corrected chi connectivity index (χ4v) is 3.08. The van der Waals surface area contributed by atoms with Crippen molar-refractivity contribution in [2.75, 3.05) is 0 Å². The third-order valence-electron chi connectivity index (χ3n) is 4.33. The predicted molar refractivity (Wildman–Crippen MR) is 90.3 cm³/mol. The minimum absolute atomic E-state index is 0.0142. The van der Waals surface area contributed by atoms with E-state index in [2.05, 4.69) is 21.1 Å². The second-order valence-electron chi connectivity index (χ2n) is 6.17. The first-order valence-corrected chi connectivity index (χ1v) is 8.49. The van der Waals surface area contributed by atoms with Gasteiger partial charge in [-0.05, 0) is 42.3 Å². The first-order chi connectivity index (χ1) is 12.4. The van der Waals surface area contributed by atoms with E-state index in [0.717, 1.165) is 22.2 Å². The highest BCUT2D eigenvalue weighted by atomic mass is 79.9. The second kappa shape index (κ2) is 6.54. The van der Waals surface area contributed by atoms with Crippen molar-refractivity contribution in [1.29, 1.82) is 0 Å². The molecule has 0 bridgehead atoms. The van der Waals surface area contributed by atoms with Crippen molar-refractivity contribution < 1.29 is 31.2 Å². The van der Waals surface area contributed by atoms with Gasteiger partial charge in [-0.2, -0.15) is 26.3 Å². The Morgan fingerprint density at radius 1 is 1.04 bits per heavy atom. The summed E-state index contributed by atoms with van der Waals surface area (Å²) < 4.78 is 81.2. The predicted octanol–water partition coefficient (Wildman–Crippen LogP) is 6.36. The number of benzene rings is 2. The summed E-state index contributed by atoms with van der Waals surface area (Å²) >= 11 is 3.30. The summed E-state index contributed by atoms with van der Waals surface area (Å²) in [7, 11) is 0.